The predicted molar refractivity (Wildman–Crippen MR) is 137 cm³/mol. The van der Waals surface area contributed by atoms with Crippen molar-refractivity contribution in [3.8, 4) is 11.4 Å². The van der Waals surface area contributed by atoms with Gasteiger partial charge in [-0.3, -0.25) is 4.98 Å². The quantitative estimate of drug-likeness (QED) is 0.364. The number of morpholine rings is 1. The van der Waals surface area contributed by atoms with E-state index in [1.165, 1.54) is 6.07 Å². The molecule has 0 amide bonds. The summed E-state index contributed by atoms with van der Waals surface area (Å²) in [6, 6.07) is 16.1. The third-order valence-electron chi connectivity index (χ3n) is 6.12. The fourth-order valence-electron chi connectivity index (χ4n) is 4.36. The van der Waals surface area contributed by atoms with Crippen molar-refractivity contribution in [3.63, 3.8) is 0 Å². The zero-order chi connectivity index (χ0) is 24.4. The number of rotatable bonds is 6. The van der Waals surface area contributed by atoms with Gasteiger partial charge in [-0.05, 0) is 48.9 Å². The molecule has 2 N–H and O–H groups in total. The number of hydrogen-bond donors (Lipinski definition) is 2. The highest BCUT2D eigenvalue weighted by molar-refractivity contribution is 7.78. The number of benzene rings is 2. The minimum absolute atomic E-state index is 0.0522. The average Bonchev–Trinajstić information content (AvgIpc) is 2.87. The lowest BCUT2D eigenvalue weighted by atomic mass is 10.0. The van der Waals surface area contributed by atoms with Crippen LogP contribution >= 0.6 is 0 Å². The van der Waals surface area contributed by atoms with Gasteiger partial charge in [-0.25, -0.2) is 13.6 Å². The van der Waals surface area contributed by atoms with Gasteiger partial charge in [-0.15, -0.1) is 0 Å². The van der Waals surface area contributed by atoms with E-state index < -0.39 is 16.9 Å². The summed E-state index contributed by atoms with van der Waals surface area (Å²) >= 11 is -2.04. The summed E-state index contributed by atoms with van der Waals surface area (Å²) in [4.78, 5) is 11.4. The van der Waals surface area contributed by atoms with Crippen LogP contribution in [0.2, 0.25) is 0 Å². The van der Waals surface area contributed by atoms with E-state index in [0.717, 1.165) is 24.3 Å². The van der Waals surface area contributed by atoms with E-state index in [1.54, 1.807) is 18.3 Å². The highest BCUT2D eigenvalue weighted by atomic mass is 32.2. The SMILES string of the molecule is Cc1c(-c2ccccn2)nc2cccc(F)c2c1Nc1cc(N2CCOCC2)ccc1CS(=O)O. The molecule has 9 heteroatoms. The van der Waals surface area contributed by atoms with Crippen molar-refractivity contribution in [2.75, 3.05) is 36.5 Å². The zero-order valence-corrected chi connectivity index (χ0v) is 20.0. The average molecular weight is 493 g/mol. The second kappa shape index (κ2) is 10.1. The first-order chi connectivity index (χ1) is 17.0. The Hall–Kier alpha value is -3.40. The molecule has 4 aromatic rings. The van der Waals surface area contributed by atoms with E-state index in [1.807, 2.05) is 43.3 Å². The van der Waals surface area contributed by atoms with Gasteiger partial charge in [0, 0.05) is 36.2 Å². The molecule has 0 aliphatic carbocycles. The lowest BCUT2D eigenvalue weighted by molar-refractivity contribution is 0.122. The Morgan fingerprint density at radius 2 is 1.97 bits per heavy atom. The van der Waals surface area contributed by atoms with Gasteiger partial charge in [0.05, 0.1) is 46.9 Å². The van der Waals surface area contributed by atoms with Crippen LogP contribution in [0.5, 0.6) is 0 Å². The van der Waals surface area contributed by atoms with Crippen LogP contribution in [0.4, 0.5) is 21.5 Å². The van der Waals surface area contributed by atoms with Gasteiger partial charge in [-0.1, -0.05) is 18.2 Å². The van der Waals surface area contributed by atoms with Crippen LogP contribution in [0.15, 0.2) is 60.8 Å². The summed E-state index contributed by atoms with van der Waals surface area (Å²) in [7, 11) is 0. The highest BCUT2D eigenvalue weighted by Crippen LogP contribution is 2.37. The summed E-state index contributed by atoms with van der Waals surface area (Å²) < 4.78 is 41.9. The van der Waals surface area contributed by atoms with Crippen molar-refractivity contribution < 1.29 is 17.9 Å². The minimum Gasteiger partial charge on any atom is -0.378 e. The van der Waals surface area contributed by atoms with Crippen molar-refractivity contribution in [2.45, 2.75) is 12.7 Å². The monoisotopic (exact) mass is 492 g/mol. The number of ether oxygens (including phenoxy) is 1. The summed E-state index contributed by atoms with van der Waals surface area (Å²) in [6.07, 6.45) is 1.69. The molecule has 1 fully saturated rings. The van der Waals surface area contributed by atoms with E-state index in [-0.39, 0.29) is 5.75 Å². The fraction of sp³-hybridized carbons (Fsp3) is 0.231. The van der Waals surface area contributed by atoms with Crippen molar-refractivity contribution in [2.24, 2.45) is 0 Å². The van der Waals surface area contributed by atoms with Gasteiger partial charge in [0.2, 0.25) is 0 Å². The van der Waals surface area contributed by atoms with Crippen LogP contribution in [-0.2, 0) is 21.6 Å². The second-order valence-corrected chi connectivity index (χ2v) is 9.27. The molecule has 35 heavy (non-hydrogen) atoms. The van der Waals surface area contributed by atoms with Crippen LogP contribution < -0.4 is 10.2 Å². The largest absolute Gasteiger partial charge is 0.378 e. The zero-order valence-electron chi connectivity index (χ0n) is 19.2. The van der Waals surface area contributed by atoms with Gasteiger partial charge in [-0.2, -0.15) is 0 Å². The standard InChI is InChI=1S/C26H25FN4O3S/c1-17-25(22-6-2-3-10-28-22)29-21-7-4-5-20(27)24(21)26(17)30-23-15-19(31-11-13-34-14-12-31)9-8-18(23)16-35(32)33/h2-10,15H,11-14,16H2,1H3,(H,29,30)(H,32,33). The number of pyridine rings is 2. The molecule has 5 rings (SSSR count). The number of nitrogens with zero attached hydrogens (tertiary/aromatic N) is 3. The third-order valence-corrected chi connectivity index (χ3v) is 6.68. The van der Waals surface area contributed by atoms with E-state index in [4.69, 9.17) is 9.72 Å². The molecule has 180 valence electrons. The molecule has 1 unspecified atom stereocenters. The third kappa shape index (κ3) is 4.88. The molecule has 1 aliphatic rings. The lowest BCUT2D eigenvalue weighted by Crippen LogP contribution is -2.36. The van der Waals surface area contributed by atoms with Gasteiger partial charge >= 0.3 is 0 Å². The molecule has 1 aliphatic heterocycles. The number of nitrogens with one attached hydrogen (secondary N) is 1. The Morgan fingerprint density at radius 3 is 2.71 bits per heavy atom. The van der Waals surface area contributed by atoms with E-state index in [0.29, 0.717) is 52.4 Å². The second-order valence-electron chi connectivity index (χ2n) is 8.34. The van der Waals surface area contributed by atoms with Gasteiger partial charge in [0.1, 0.15) is 5.82 Å². The van der Waals surface area contributed by atoms with Crippen LogP contribution in [0.25, 0.3) is 22.3 Å². The summed E-state index contributed by atoms with van der Waals surface area (Å²) in [5, 5.41) is 3.77. The Kier molecular flexibility index (Phi) is 6.72. The molecule has 7 nitrogen and oxygen atoms in total. The summed E-state index contributed by atoms with van der Waals surface area (Å²) in [6.45, 7) is 4.65. The van der Waals surface area contributed by atoms with Crippen LogP contribution in [0.1, 0.15) is 11.1 Å². The molecule has 1 saturated heterocycles. The van der Waals surface area contributed by atoms with Crippen molar-refractivity contribution in [1.29, 1.82) is 0 Å². The molecule has 0 saturated carbocycles. The van der Waals surface area contributed by atoms with Crippen molar-refractivity contribution in [1.82, 2.24) is 9.97 Å². The first-order valence-corrected chi connectivity index (χ1v) is 12.6. The summed E-state index contributed by atoms with van der Waals surface area (Å²) in [5.41, 5.74) is 5.36. The Balaban J connectivity index is 1.68. The first kappa shape index (κ1) is 23.3. The molecule has 0 spiro atoms. The molecular weight excluding hydrogens is 467 g/mol. The van der Waals surface area contributed by atoms with Crippen LogP contribution in [0.3, 0.4) is 0 Å². The molecule has 1 atom stereocenters. The maximum atomic E-state index is 15.1. The van der Waals surface area contributed by atoms with Crippen LogP contribution in [0, 0.1) is 12.7 Å². The Labute approximate surface area is 205 Å². The van der Waals surface area contributed by atoms with Gasteiger partial charge < -0.3 is 19.5 Å². The summed E-state index contributed by atoms with van der Waals surface area (Å²) in [5.74, 6) is -0.451. The fourth-order valence-corrected chi connectivity index (χ4v) is 4.88. The number of fused-ring (bicyclic) bond motifs is 1. The normalized spacial score (nSPS) is 14.8. The molecule has 2 aromatic heterocycles. The molecule has 3 heterocycles. The number of halogens is 1. The predicted octanol–water partition coefficient (Wildman–Crippen LogP) is 5.05. The van der Waals surface area contributed by atoms with Crippen molar-refractivity contribution in [3.05, 3.63) is 77.7 Å². The lowest BCUT2D eigenvalue weighted by Gasteiger charge is -2.29. The number of hydrogen-bond acceptors (Lipinski definition) is 6. The van der Waals surface area contributed by atoms with Crippen molar-refractivity contribution >= 4 is 39.0 Å². The van der Waals surface area contributed by atoms with E-state index >= 15 is 4.39 Å². The maximum absolute atomic E-state index is 15.1. The first-order valence-electron chi connectivity index (χ1n) is 11.3. The number of aromatic nitrogens is 2. The topological polar surface area (TPSA) is 87.6 Å². The van der Waals surface area contributed by atoms with Crippen LogP contribution in [-0.4, -0.2) is 45.0 Å². The van der Waals surface area contributed by atoms with Gasteiger partial charge in [0.15, 0.2) is 11.1 Å². The highest BCUT2D eigenvalue weighted by Gasteiger charge is 2.20. The van der Waals surface area contributed by atoms with E-state index in [2.05, 4.69) is 15.2 Å². The molecule has 0 radical (unpaired) electrons. The number of anilines is 3. The van der Waals surface area contributed by atoms with Gasteiger partial charge in [0.25, 0.3) is 0 Å². The Bertz CT molecular complexity index is 1390. The molecule has 0 bridgehead atoms. The Morgan fingerprint density at radius 1 is 1.14 bits per heavy atom. The maximum Gasteiger partial charge on any atom is 0.157 e. The molecule has 2 aromatic carbocycles. The minimum atomic E-state index is -2.04. The molecular formula is C26H25FN4O3S. The smallest absolute Gasteiger partial charge is 0.157 e. The van der Waals surface area contributed by atoms with E-state index in [9.17, 15) is 8.76 Å².